The van der Waals surface area contributed by atoms with Crippen molar-refractivity contribution in [2.45, 2.75) is 11.7 Å². The van der Waals surface area contributed by atoms with E-state index in [1.165, 1.54) is 0 Å². The highest BCUT2D eigenvalue weighted by atomic mass is 35.5. The molecule has 0 spiro atoms. The number of carbonyl (C=O) groups excluding carboxylic acids is 2. The molecule has 0 saturated heterocycles. The van der Waals surface area contributed by atoms with E-state index in [4.69, 9.17) is 26.2 Å². The highest BCUT2D eigenvalue weighted by molar-refractivity contribution is 8.00. The number of nitrogens with one attached hydrogen (secondary N) is 1. The number of hydrogen-bond donors (Lipinski definition) is 1. The predicted molar refractivity (Wildman–Crippen MR) is 161 cm³/mol. The largest absolute Gasteiger partial charge is 0.497 e. The third kappa shape index (κ3) is 6.05. The fourth-order valence-electron chi connectivity index (χ4n) is 4.55. The van der Waals surface area contributed by atoms with Gasteiger partial charge in [0.15, 0.2) is 0 Å². The van der Waals surface area contributed by atoms with Crippen molar-refractivity contribution in [1.82, 2.24) is 15.1 Å². The third-order valence-electron chi connectivity index (χ3n) is 6.47. The first-order chi connectivity index (χ1) is 19.5. The second-order valence-corrected chi connectivity index (χ2v) is 11.6. The van der Waals surface area contributed by atoms with E-state index in [2.05, 4.69) is 11.4 Å². The summed E-state index contributed by atoms with van der Waals surface area (Å²) in [5.41, 5.74) is 3.22. The lowest BCUT2D eigenvalue weighted by atomic mass is 10.0. The average Bonchev–Trinajstić information content (AvgIpc) is 3.61. The monoisotopic (exact) mass is 596 g/mol. The summed E-state index contributed by atoms with van der Waals surface area (Å²) in [6, 6.07) is 19.1. The molecule has 8 nitrogen and oxygen atoms in total. The van der Waals surface area contributed by atoms with E-state index in [1.54, 1.807) is 46.9 Å². The van der Waals surface area contributed by atoms with Gasteiger partial charge >= 0.3 is 0 Å². The Hall–Kier alpha value is -3.31. The van der Waals surface area contributed by atoms with E-state index in [0.29, 0.717) is 36.2 Å². The Labute approximate surface area is 246 Å². The number of anilines is 1. The van der Waals surface area contributed by atoms with Crippen molar-refractivity contribution in [1.29, 1.82) is 0 Å². The summed E-state index contributed by atoms with van der Waals surface area (Å²) in [7, 11) is 3.24. The zero-order valence-corrected chi connectivity index (χ0v) is 24.5. The van der Waals surface area contributed by atoms with Gasteiger partial charge in [-0.05, 0) is 54.3 Å². The Morgan fingerprint density at radius 2 is 1.90 bits per heavy atom. The molecule has 4 aromatic rings. The van der Waals surface area contributed by atoms with E-state index in [1.807, 2.05) is 60.0 Å². The van der Waals surface area contributed by atoms with Gasteiger partial charge in [-0.1, -0.05) is 29.8 Å². The first kappa shape index (κ1) is 28.2. The first-order valence-corrected chi connectivity index (χ1v) is 15.0. The zero-order valence-electron chi connectivity index (χ0n) is 22.1. The summed E-state index contributed by atoms with van der Waals surface area (Å²) in [5.74, 6) is 1.10. The maximum Gasteiger partial charge on any atom is 0.240 e. The summed E-state index contributed by atoms with van der Waals surface area (Å²) in [6.45, 7) is 0.876. The highest BCUT2D eigenvalue weighted by Gasteiger charge is 2.38. The Bertz CT molecular complexity index is 1460. The molecule has 0 radical (unpaired) electrons. The van der Waals surface area contributed by atoms with Crippen LogP contribution in [0.2, 0.25) is 5.02 Å². The van der Waals surface area contributed by atoms with Crippen molar-refractivity contribution in [3.63, 3.8) is 0 Å². The molecule has 0 fully saturated rings. The molecule has 0 unspecified atom stereocenters. The maximum absolute atomic E-state index is 13.7. The number of amides is 2. The second kappa shape index (κ2) is 12.9. The standard InChI is InChI=1S/C29H29ClN4O4S2/c1-37-15-4-14-31-24(35)17-33-25(36)18-40-28(23-5-3-16-39-23)26-27(19-6-8-20(30)9-7-19)32-34(29(26)33)21-10-12-22(38-2)13-11-21/h3,5-13,16,28H,4,14-15,17-18H2,1-2H3,(H,31,35)/t28-/m1/s1. The number of ether oxygens (including phenoxy) is 2. The van der Waals surface area contributed by atoms with E-state index in [0.717, 1.165) is 27.4 Å². The number of benzene rings is 2. The molecule has 40 heavy (non-hydrogen) atoms. The Kier molecular flexibility index (Phi) is 9.11. The van der Waals surface area contributed by atoms with E-state index in [-0.39, 0.29) is 29.4 Å². The van der Waals surface area contributed by atoms with Gasteiger partial charge in [0.25, 0.3) is 0 Å². The van der Waals surface area contributed by atoms with Gasteiger partial charge in [-0.15, -0.1) is 23.1 Å². The molecule has 2 aromatic heterocycles. The van der Waals surface area contributed by atoms with Crippen LogP contribution in [0, 0.1) is 0 Å². The van der Waals surface area contributed by atoms with Crippen LogP contribution in [0.15, 0.2) is 66.0 Å². The Morgan fingerprint density at radius 3 is 2.58 bits per heavy atom. The average molecular weight is 597 g/mol. The minimum Gasteiger partial charge on any atom is -0.497 e. The van der Waals surface area contributed by atoms with Gasteiger partial charge in [0.2, 0.25) is 11.8 Å². The Balaban J connectivity index is 1.69. The topological polar surface area (TPSA) is 85.7 Å². The van der Waals surface area contributed by atoms with Crippen molar-refractivity contribution in [2.24, 2.45) is 0 Å². The SMILES string of the molecule is COCCCNC(=O)CN1C(=O)CS[C@H](c2cccs2)c2c(-c3ccc(Cl)cc3)nn(-c3ccc(OC)cc3)c21. The first-order valence-electron chi connectivity index (χ1n) is 12.7. The van der Waals surface area contributed by atoms with Crippen molar-refractivity contribution < 1.29 is 19.1 Å². The molecule has 3 heterocycles. The van der Waals surface area contributed by atoms with Crippen LogP contribution in [0.5, 0.6) is 5.75 Å². The van der Waals surface area contributed by atoms with Crippen molar-refractivity contribution in [2.75, 3.05) is 44.6 Å². The highest BCUT2D eigenvalue weighted by Crippen LogP contribution is 2.49. The third-order valence-corrected chi connectivity index (χ3v) is 9.05. The molecule has 11 heteroatoms. The lowest BCUT2D eigenvalue weighted by molar-refractivity contribution is -0.122. The molecule has 0 saturated carbocycles. The molecule has 0 bridgehead atoms. The van der Waals surface area contributed by atoms with Crippen LogP contribution in [0.4, 0.5) is 5.82 Å². The molecule has 1 aliphatic heterocycles. The molecule has 1 aliphatic rings. The van der Waals surface area contributed by atoms with Gasteiger partial charge in [0.05, 0.1) is 29.5 Å². The summed E-state index contributed by atoms with van der Waals surface area (Å²) < 4.78 is 12.2. The normalized spacial score (nSPS) is 15.0. The van der Waals surface area contributed by atoms with Crippen LogP contribution in [0.3, 0.4) is 0 Å². The molecular weight excluding hydrogens is 568 g/mol. The molecule has 1 N–H and O–H groups in total. The number of thioether (sulfide) groups is 1. The number of rotatable bonds is 10. The lowest BCUT2D eigenvalue weighted by Gasteiger charge is -2.23. The van der Waals surface area contributed by atoms with Crippen molar-refractivity contribution in [3.05, 3.63) is 81.5 Å². The maximum atomic E-state index is 13.7. The number of methoxy groups -OCH3 is 2. The number of hydrogen-bond acceptors (Lipinski definition) is 7. The summed E-state index contributed by atoms with van der Waals surface area (Å²) in [5, 5.41) is 10.5. The number of nitrogens with zero attached hydrogens (tertiary/aromatic N) is 3. The Morgan fingerprint density at radius 1 is 1.12 bits per heavy atom. The lowest BCUT2D eigenvalue weighted by Crippen LogP contribution is -2.42. The number of aromatic nitrogens is 2. The van der Waals surface area contributed by atoms with Crippen LogP contribution in [-0.2, 0) is 14.3 Å². The zero-order chi connectivity index (χ0) is 28.1. The number of carbonyl (C=O) groups is 2. The molecule has 2 aromatic carbocycles. The van der Waals surface area contributed by atoms with Crippen molar-refractivity contribution in [3.8, 4) is 22.7 Å². The van der Waals surface area contributed by atoms with Crippen LogP contribution in [-0.4, -0.2) is 61.3 Å². The molecule has 5 rings (SSSR count). The van der Waals surface area contributed by atoms with E-state index < -0.39 is 0 Å². The van der Waals surface area contributed by atoms with Gasteiger partial charge in [0, 0.05) is 41.3 Å². The number of halogens is 1. The molecular formula is C29H29ClN4O4S2. The molecule has 208 valence electrons. The fraction of sp³-hybridized carbons (Fsp3) is 0.276. The summed E-state index contributed by atoms with van der Waals surface area (Å²) >= 11 is 9.40. The predicted octanol–water partition coefficient (Wildman–Crippen LogP) is 5.58. The molecule has 0 aliphatic carbocycles. The van der Waals surface area contributed by atoms with Crippen LogP contribution in [0.25, 0.3) is 16.9 Å². The number of thiophene rings is 1. The van der Waals surface area contributed by atoms with Crippen LogP contribution < -0.4 is 15.0 Å². The summed E-state index contributed by atoms with van der Waals surface area (Å²) in [6.07, 6.45) is 0.683. The minimum atomic E-state index is -0.245. The van der Waals surface area contributed by atoms with Crippen LogP contribution in [0.1, 0.15) is 22.1 Å². The van der Waals surface area contributed by atoms with Gasteiger partial charge < -0.3 is 14.8 Å². The summed E-state index contributed by atoms with van der Waals surface area (Å²) in [4.78, 5) is 29.5. The van der Waals surface area contributed by atoms with Crippen molar-refractivity contribution >= 4 is 52.3 Å². The van der Waals surface area contributed by atoms with Gasteiger partial charge in [-0.2, -0.15) is 5.10 Å². The van der Waals surface area contributed by atoms with E-state index >= 15 is 0 Å². The smallest absolute Gasteiger partial charge is 0.240 e. The minimum absolute atomic E-state index is 0.127. The quantitative estimate of drug-likeness (QED) is 0.240. The van der Waals surface area contributed by atoms with Gasteiger partial charge in [-0.3, -0.25) is 14.5 Å². The molecule has 1 atom stereocenters. The fourth-order valence-corrected chi connectivity index (χ4v) is 6.85. The van der Waals surface area contributed by atoms with E-state index in [9.17, 15) is 9.59 Å². The van der Waals surface area contributed by atoms with Crippen LogP contribution >= 0.6 is 34.7 Å². The number of fused-ring (bicyclic) bond motifs is 1. The van der Waals surface area contributed by atoms with Gasteiger partial charge in [-0.25, -0.2) is 4.68 Å². The second-order valence-electron chi connectivity index (χ2n) is 9.09. The molecule has 2 amide bonds. The van der Waals surface area contributed by atoms with Gasteiger partial charge in [0.1, 0.15) is 18.1 Å².